The van der Waals surface area contributed by atoms with Crippen LogP contribution in [0.25, 0.3) is 5.65 Å². The molecule has 1 N–H and O–H groups in total. The zero-order valence-electron chi connectivity index (χ0n) is 9.41. The molecule has 0 aliphatic carbocycles. The van der Waals surface area contributed by atoms with E-state index in [0.29, 0.717) is 12.1 Å². The van der Waals surface area contributed by atoms with E-state index in [-0.39, 0.29) is 5.91 Å². The summed E-state index contributed by atoms with van der Waals surface area (Å²) in [5, 5.41) is 5.62. The van der Waals surface area contributed by atoms with Gasteiger partial charge in [0, 0.05) is 30.2 Å². The Kier molecular flexibility index (Phi) is 2.77. The molecule has 0 fully saturated rings. The smallest absolute Gasteiger partial charge is 0.253 e. The van der Waals surface area contributed by atoms with E-state index in [2.05, 4.69) is 15.3 Å². The first kappa shape index (κ1) is 10.9. The van der Waals surface area contributed by atoms with Gasteiger partial charge in [-0.2, -0.15) is 0 Å². The zero-order chi connectivity index (χ0) is 12.4. The van der Waals surface area contributed by atoms with Gasteiger partial charge in [0.25, 0.3) is 5.91 Å². The fourth-order valence-electron chi connectivity index (χ4n) is 1.65. The molecule has 3 aromatic heterocycles. The molecule has 0 saturated carbocycles. The summed E-state index contributed by atoms with van der Waals surface area (Å²) in [6.45, 7) is 0.457. The Balaban J connectivity index is 1.75. The molecule has 0 aromatic carbocycles. The van der Waals surface area contributed by atoms with E-state index in [1.54, 1.807) is 24.7 Å². The van der Waals surface area contributed by atoms with E-state index in [4.69, 9.17) is 0 Å². The lowest BCUT2D eigenvalue weighted by Crippen LogP contribution is -2.22. The molecule has 18 heavy (non-hydrogen) atoms. The topological polar surface area (TPSA) is 59.3 Å². The molecule has 0 aliphatic heterocycles. The molecule has 0 unspecified atom stereocenters. The largest absolute Gasteiger partial charge is 0.345 e. The Morgan fingerprint density at radius 3 is 3.11 bits per heavy atom. The molecule has 0 spiro atoms. The Morgan fingerprint density at radius 2 is 2.28 bits per heavy atom. The molecule has 0 saturated heterocycles. The number of carbonyl (C=O) groups excluding carboxylic acids is 1. The lowest BCUT2D eigenvalue weighted by atomic mass is 10.2. The zero-order valence-corrected chi connectivity index (χ0v) is 10.2. The van der Waals surface area contributed by atoms with E-state index in [1.165, 1.54) is 11.3 Å². The van der Waals surface area contributed by atoms with Crippen LogP contribution in [-0.2, 0) is 6.54 Å². The van der Waals surface area contributed by atoms with Gasteiger partial charge in [0.1, 0.15) is 10.7 Å². The van der Waals surface area contributed by atoms with Crippen LogP contribution >= 0.6 is 11.3 Å². The minimum atomic E-state index is -0.110. The van der Waals surface area contributed by atoms with Crippen molar-refractivity contribution in [2.24, 2.45) is 0 Å². The number of imidazole rings is 1. The number of pyridine rings is 1. The maximum atomic E-state index is 11.9. The second-order valence-corrected chi connectivity index (χ2v) is 4.70. The summed E-state index contributed by atoms with van der Waals surface area (Å²) < 4.78 is 1.82. The molecule has 6 heteroatoms. The summed E-state index contributed by atoms with van der Waals surface area (Å²) >= 11 is 1.52. The molecule has 1 amide bonds. The van der Waals surface area contributed by atoms with Crippen LogP contribution in [0.1, 0.15) is 15.4 Å². The highest BCUT2D eigenvalue weighted by atomic mass is 32.1. The van der Waals surface area contributed by atoms with Crippen molar-refractivity contribution in [1.29, 1.82) is 0 Å². The number of amides is 1. The van der Waals surface area contributed by atoms with Crippen LogP contribution in [0.3, 0.4) is 0 Å². The van der Waals surface area contributed by atoms with Gasteiger partial charge >= 0.3 is 0 Å². The molecular weight excluding hydrogens is 248 g/mol. The molecule has 3 rings (SSSR count). The Bertz CT molecular complexity index is 674. The van der Waals surface area contributed by atoms with Gasteiger partial charge in [-0.25, -0.2) is 9.97 Å². The lowest BCUT2D eigenvalue weighted by Gasteiger charge is -2.03. The second-order valence-electron chi connectivity index (χ2n) is 3.72. The molecule has 3 aromatic rings. The van der Waals surface area contributed by atoms with Crippen molar-refractivity contribution < 1.29 is 4.79 Å². The third kappa shape index (κ3) is 2.10. The fourth-order valence-corrected chi connectivity index (χ4v) is 2.21. The molecule has 5 nitrogen and oxygen atoms in total. The molecule has 0 atom stereocenters. The summed E-state index contributed by atoms with van der Waals surface area (Å²) in [7, 11) is 0. The molecule has 0 radical (unpaired) electrons. The third-order valence-corrected chi connectivity index (χ3v) is 3.31. The van der Waals surface area contributed by atoms with Gasteiger partial charge in [-0.3, -0.25) is 4.79 Å². The number of hydrogen-bond acceptors (Lipinski definition) is 4. The van der Waals surface area contributed by atoms with Crippen LogP contribution in [0.4, 0.5) is 0 Å². The van der Waals surface area contributed by atoms with E-state index < -0.39 is 0 Å². The van der Waals surface area contributed by atoms with E-state index >= 15 is 0 Å². The third-order valence-electron chi connectivity index (χ3n) is 2.53. The summed E-state index contributed by atoms with van der Waals surface area (Å²) in [6, 6.07) is 3.58. The van der Waals surface area contributed by atoms with Crippen LogP contribution in [0, 0.1) is 0 Å². The van der Waals surface area contributed by atoms with Crippen molar-refractivity contribution in [2.75, 3.05) is 0 Å². The number of aromatic nitrogens is 3. The minimum Gasteiger partial charge on any atom is -0.345 e. The molecule has 0 aliphatic rings. The molecular formula is C12H10N4OS. The van der Waals surface area contributed by atoms with Crippen molar-refractivity contribution in [2.45, 2.75) is 6.54 Å². The van der Waals surface area contributed by atoms with Gasteiger partial charge in [0.05, 0.1) is 12.1 Å². The maximum absolute atomic E-state index is 11.9. The van der Waals surface area contributed by atoms with Crippen molar-refractivity contribution >= 4 is 22.9 Å². The van der Waals surface area contributed by atoms with Crippen molar-refractivity contribution in [3.8, 4) is 0 Å². The highest BCUT2D eigenvalue weighted by molar-refractivity contribution is 7.09. The highest BCUT2D eigenvalue weighted by Crippen LogP contribution is 2.06. The first-order valence-corrected chi connectivity index (χ1v) is 6.30. The monoisotopic (exact) mass is 258 g/mol. The summed E-state index contributed by atoms with van der Waals surface area (Å²) in [5.74, 6) is -0.110. The van der Waals surface area contributed by atoms with Gasteiger partial charge in [-0.1, -0.05) is 0 Å². The number of carbonyl (C=O) groups is 1. The maximum Gasteiger partial charge on any atom is 0.253 e. The number of nitrogens with one attached hydrogen (secondary N) is 1. The molecule has 0 bridgehead atoms. The van der Waals surface area contributed by atoms with Crippen molar-refractivity contribution in [3.63, 3.8) is 0 Å². The van der Waals surface area contributed by atoms with Gasteiger partial charge in [-0.05, 0) is 12.1 Å². The average Bonchev–Trinajstić information content (AvgIpc) is 3.05. The Labute approximate surface area is 107 Å². The van der Waals surface area contributed by atoms with Crippen LogP contribution in [0.15, 0.2) is 42.3 Å². The van der Waals surface area contributed by atoms with Crippen molar-refractivity contribution in [1.82, 2.24) is 19.7 Å². The van der Waals surface area contributed by atoms with E-state index in [9.17, 15) is 4.79 Å². The first-order chi connectivity index (χ1) is 8.83. The van der Waals surface area contributed by atoms with E-state index in [0.717, 1.165) is 10.7 Å². The summed E-state index contributed by atoms with van der Waals surface area (Å²) in [5.41, 5.74) is 1.43. The van der Waals surface area contributed by atoms with Crippen LogP contribution in [-0.4, -0.2) is 20.3 Å². The van der Waals surface area contributed by atoms with E-state index in [1.807, 2.05) is 22.0 Å². The predicted octanol–water partition coefficient (Wildman–Crippen LogP) is 1.72. The molecule has 90 valence electrons. The number of fused-ring (bicyclic) bond motifs is 1. The normalized spacial score (nSPS) is 10.7. The Hall–Kier alpha value is -2.21. The lowest BCUT2D eigenvalue weighted by molar-refractivity contribution is 0.0950. The number of thiazole rings is 1. The van der Waals surface area contributed by atoms with Crippen LogP contribution in [0.2, 0.25) is 0 Å². The quantitative estimate of drug-likeness (QED) is 0.778. The Morgan fingerprint density at radius 1 is 1.33 bits per heavy atom. The van der Waals surface area contributed by atoms with Gasteiger partial charge in [0.15, 0.2) is 0 Å². The minimum absolute atomic E-state index is 0.110. The van der Waals surface area contributed by atoms with Gasteiger partial charge < -0.3 is 9.72 Å². The predicted molar refractivity (Wildman–Crippen MR) is 68.5 cm³/mol. The molecule has 3 heterocycles. The van der Waals surface area contributed by atoms with Gasteiger partial charge in [-0.15, -0.1) is 11.3 Å². The SMILES string of the molecule is O=C(NCc1nccs1)c1ccc2nccn2c1. The second kappa shape index (κ2) is 4.58. The van der Waals surface area contributed by atoms with Crippen LogP contribution in [0.5, 0.6) is 0 Å². The average molecular weight is 258 g/mol. The fraction of sp³-hybridized carbons (Fsp3) is 0.0833. The highest BCUT2D eigenvalue weighted by Gasteiger charge is 2.07. The standard InChI is InChI=1S/C12H10N4OS/c17-12(15-7-11-14-4-6-18-11)9-1-2-10-13-3-5-16(10)8-9/h1-6,8H,7H2,(H,15,17). The number of nitrogens with zero attached hydrogens (tertiary/aromatic N) is 3. The van der Waals surface area contributed by atoms with Gasteiger partial charge in [0.2, 0.25) is 0 Å². The van der Waals surface area contributed by atoms with Crippen molar-refractivity contribution in [3.05, 3.63) is 52.9 Å². The first-order valence-electron chi connectivity index (χ1n) is 5.42. The number of hydrogen-bond donors (Lipinski definition) is 1. The summed E-state index contributed by atoms with van der Waals surface area (Å²) in [6.07, 6.45) is 7.00. The van der Waals surface area contributed by atoms with Crippen LogP contribution < -0.4 is 5.32 Å². The summed E-state index contributed by atoms with van der Waals surface area (Å²) in [4.78, 5) is 20.2. The number of rotatable bonds is 3.